The van der Waals surface area contributed by atoms with Crippen LogP contribution in [0.1, 0.15) is 17.4 Å². The predicted molar refractivity (Wildman–Crippen MR) is 105 cm³/mol. The summed E-state index contributed by atoms with van der Waals surface area (Å²) in [5, 5.41) is 2.59. The molecule has 0 spiro atoms. The molecule has 29 heavy (non-hydrogen) atoms. The second kappa shape index (κ2) is 8.76. The van der Waals surface area contributed by atoms with E-state index in [-0.39, 0.29) is 18.0 Å². The number of aryl methyl sites for hydroxylation is 1. The lowest BCUT2D eigenvalue weighted by atomic mass is 10.3. The van der Waals surface area contributed by atoms with Crippen molar-refractivity contribution in [2.75, 3.05) is 31.6 Å². The van der Waals surface area contributed by atoms with Gasteiger partial charge in [0.05, 0.1) is 18.1 Å². The molecule has 10 heteroatoms. The monoisotopic (exact) mass is 421 g/mol. The lowest BCUT2D eigenvalue weighted by molar-refractivity contribution is -0.123. The summed E-state index contributed by atoms with van der Waals surface area (Å²) >= 11 is 0. The van der Waals surface area contributed by atoms with Crippen molar-refractivity contribution >= 4 is 27.6 Å². The minimum absolute atomic E-state index is 0.0747. The molecule has 1 aliphatic heterocycles. The van der Waals surface area contributed by atoms with Gasteiger partial charge in [-0.3, -0.25) is 4.79 Å². The molecule has 156 valence electrons. The molecule has 2 aromatic rings. The second-order valence-electron chi connectivity index (χ2n) is 6.59. The first kappa shape index (κ1) is 21.0. The molecule has 1 aliphatic rings. The van der Waals surface area contributed by atoms with E-state index in [1.807, 2.05) is 0 Å². The van der Waals surface area contributed by atoms with Crippen molar-refractivity contribution in [2.45, 2.75) is 17.9 Å². The van der Waals surface area contributed by atoms with Crippen LogP contribution in [0.4, 0.5) is 5.69 Å². The van der Waals surface area contributed by atoms with Gasteiger partial charge in [-0.25, -0.2) is 13.2 Å². The molecule has 0 aliphatic carbocycles. The molecular weight excluding hydrogens is 398 g/mol. The highest BCUT2D eigenvalue weighted by atomic mass is 32.2. The number of sulfonamides is 1. The number of esters is 1. The Hall–Kier alpha value is -2.69. The number of anilines is 1. The van der Waals surface area contributed by atoms with Gasteiger partial charge in [0.1, 0.15) is 5.69 Å². The molecule has 1 N–H and O–H groups in total. The number of rotatable bonds is 6. The summed E-state index contributed by atoms with van der Waals surface area (Å²) in [6.07, 6.45) is 0.638. The fraction of sp³-hybridized carbons (Fsp3) is 0.368. The number of ether oxygens (including phenoxy) is 2. The SMILES string of the molecule is C[C@H](OC(=O)c1cccn1C)C(=O)Nc1cccc(S(=O)(=O)N2CCOCC2)c1. The number of nitrogens with one attached hydrogen (secondary N) is 1. The van der Waals surface area contributed by atoms with E-state index in [4.69, 9.17) is 9.47 Å². The van der Waals surface area contributed by atoms with Crippen LogP contribution in [0.2, 0.25) is 0 Å². The van der Waals surface area contributed by atoms with E-state index in [1.165, 1.54) is 23.4 Å². The fourth-order valence-electron chi connectivity index (χ4n) is 2.86. The number of hydrogen-bond donors (Lipinski definition) is 1. The fourth-order valence-corrected chi connectivity index (χ4v) is 4.32. The zero-order valence-electron chi connectivity index (χ0n) is 16.2. The molecule has 2 heterocycles. The Morgan fingerprint density at radius 2 is 1.90 bits per heavy atom. The van der Waals surface area contributed by atoms with Crippen molar-refractivity contribution in [3.05, 3.63) is 48.3 Å². The number of amides is 1. The van der Waals surface area contributed by atoms with E-state index in [0.717, 1.165) is 0 Å². The first-order valence-corrected chi connectivity index (χ1v) is 10.5. The smallest absolute Gasteiger partial charge is 0.355 e. The van der Waals surface area contributed by atoms with Crippen LogP contribution >= 0.6 is 0 Å². The predicted octanol–water partition coefficient (Wildman–Crippen LogP) is 1.23. The number of carbonyl (C=O) groups excluding carboxylic acids is 2. The third-order valence-corrected chi connectivity index (χ3v) is 6.41. The zero-order valence-corrected chi connectivity index (χ0v) is 17.0. The molecule has 1 amide bonds. The van der Waals surface area contributed by atoms with Crippen molar-refractivity contribution in [3.63, 3.8) is 0 Å². The topological polar surface area (TPSA) is 107 Å². The van der Waals surface area contributed by atoms with E-state index in [1.54, 1.807) is 42.1 Å². The summed E-state index contributed by atoms with van der Waals surface area (Å²) in [5.74, 6) is -1.18. The quantitative estimate of drug-likeness (QED) is 0.703. The van der Waals surface area contributed by atoms with Gasteiger partial charge < -0.3 is 19.4 Å². The van der Waals surface area contributed by atoms with Crippen molar-refractivity contribution in [3.8, 4) is 0 Å². The van der Waals surface area contributed by atoms with Gasteiger partial charge in [-0.1, -0.05) is 6.07 Å². The second-order valence-corrected chi connectivity index (χ2v) is 8.52. The number of benzene rings is 1. The highest BCUT2D eigenvalue weighted by molar-refractivity contribution is 7.89. The minimum Gasteiger partial charge on any atom is -0.448 e. The molecule has 3 rings (SSSR count). The Bertz CT molecular complexity index is 995. The normalized spacial score (nSPS) is 16.2. The summed E-state index contributed by atoms with van der Waals surface area (Å²) in [4.78, 5) is 24.6. The summed E-state index contributed by atoms with van der Waals surface area (Å²) in [6, 6.07) is 9.26. The average Bonchev–Trinajstić information content (AvgIpc) is 3.15. The van der Waals surface area contributed by atoms with E-state index in [2.05, 4.69) is 5.32 Å². The number of nitrogens with zero attached hydrogens (tertiary/aromatic N) is 2. The zero-order chi connectivity index (χ0) is 21.0. The molecule has 1 fully saturated rings. The van der Waals surface area contributed by atoms with Crippen molar-refractivity contribution in [2.24, 2.45) is 7.05 Å². The molecule has 1 aromatic heterocycles. The van der Waals surface area contributed by atoms with Crippen LogP contribution in [0.3, 0.4) is 0 Å². The summed E-state index contributed by atoms with van der Waals surface area (Å²) in [6.45, 7) is 2.71. The number of aromatic nitrogens is 1. The van der Waals surface area contributed by atoms with Crippen LogP contribution in [0.5, 0.6) is 0 Å². The maximum absolute atomic E-state index is 12.8. The van der Waals surface area contributed by atoms with E-state index in [0.29, 0.717) is 24.6 Å². The maximum Gasteiger partial charge on any atom is 0.355 e. The molecule has 1 saturated heterocycles. The van der Waals surface area contributed by atoms with Gasteiger partial charge in [-0.2, -0.15) is 4.31 Å². The van der Waals surface area contributed by atoms with Gasteiger partial charge >= 0.3 is 5.97 Å². The summed E-state index contributed by atoms with van der Waals surface area (Å²) in [7, 11) is -1.98. The van der Waals surface area contributed by atoms with E-state index in [9.17, 15) is 18.0 Å². The standard InChI is InChI=1S/C19H23N3O6S/c1-14(28-19(24)17-7-4-8-21(17)2)18(23)20-15-5-3-6-16(13-15)29(25,26)22-9-11-27-12-10-22/h3-8,13-14H,9-12H2,1-2H3,(H,20,23)/t14-/m0/s1. The number of morpholine rings is 1. The van der Waals surface area contributed by atoms with Crippen LogP contribution in [-0.4, -0.2) is 61.6 Å². The molecule has 9 nitrogen and oxygen atoms in total. The lowest BCUT2D eigenvalue weighted by Crippen LogP contribution is -2.40. The molecule has 1 aromatic carbocycles. The van der Waals surface area contributed by atoms with Crippen LogP contribution in [0.25, 0.3) is 0 Å². The van der Waals surface area contributed by atoms with Crippen molar-refractivity contribution in [1.29, 1.82) is 0 Å². The van der Waals surface area contributed by atoms with Gasteiger partial charge in [0.15, 0.2) is 6.10 Å². The summed E-state index contributed by atoms with van der Waals surface area (Å²) < 4.78 is 38.8. The third-order valence-electron chi connectivity index (χ3n) is 4.52. The van der Waals surface area contributed by atoms with Crippen molar-refractivity contribution < 1.29 is 27.5 Å². The molecule has 0 unspecified atom stereocenters. The number of carbonyl (C=O) groups is 2. The Morgan fingerprint density at radius 3 is 2.55 bits per heavy atom. The molecule has 0 radical (unpaired) electrons. The first-order chi connectivity index (χ1) is 13.8. The summed E-state index contributed by atoms with van der Waals surface area (Å²) in [5.41, 5.74) is 0.620. The number of hydrogen-bond acceptors (Lipinski definition) is 6. The van der Waals surface area contributed by atoms with Gasteiger partial charge in [0.2, 0.25) is 10.0 Å². The van der Waals surface area contributed by atoms with E-state index >= 15 is 0 Å². The molecule has 1 atom stereocenters. The van der Waals surface area contributed by atoms with Crippen LogP contribution in [-0.2, 0) is 31.3 Å². The lowest BCUT2D eigenvalue weighted by Gasteiger charge is -2.26. The molecular formula is C19H23N3O6S. The Labute approximate surface area is 169 Å². The molecule has 0 saturated carbocycles. The van der Waals surface area contributed by atoms with Gasteiger partial charge in [0, 0.05) is 32.0 Å². The minimum atomic E-state index is -3.68. The van der Waals surface area contributed by atoms with Crippen LogP contribution in [0.15, 0.2) is 47.5 Å². The van der Waals surface area contributed by atoms with Gasteiger partial charge in [-0.05, 0) is 37.3 Å². The van der Waals surface area contributed by atoms with Crippen LogP contribution < -0.4 is 5.32 Å². The third kappa shape index (κ3) is 4.84. The Balaban J connectivity index is 1.67. The average molecular weight is 421 g/mol. The highest BCUT2D eigenvalue weighted by Gasteiger charge is 2.27. The first-order valence-electron chi connectivity index (χ1n) is 9.10. The van der Waals surface area contributed by atoms with E-state index < -0.39 is 28.0 Å². The van der Waals surface area contributed by atoms with Crippen LogP contribution in [0, 0.1) is 0 Å². The maximum atomic E-state index is 12.8. The van der Waals surface area contributed by atoms with Crippen molar-refractivity contribution in [1.82, 2.24) is 8.87 Å². The van der Waals surface area contributed by atoms with Gasteiger partial charge in [-0.15, -0.1) is 0 Å². The Morgan fingerprint density at radius 1 is 1.17 bits per heavy atom. The molecule has 0 bridgehead atoms. The largest absolute Gasteiger partial charge is 0.448 e. The van der Waals surface area contributed by atoms with Gasteiger partial charge in [0.25, 0.3) is 5.91 Å². The Kier molecular flexibility index (Phi) is 6.36. The highest BCUT2D eigenvalue weighted by Crippen LogP contribution is 2.21.